The first-order valence-corrected chi connectivity index (χ1v) is 7.56. The van der Waals surface area contributed by atoms with Gasteiger partial charge in [-0.2, -0.15) is 0 Å². The molecule has 0 saturated carbocycles. The van der Waals surface area contributed by atoms with Crippen LogP contribution in [0.25, 0.3) is 0 Å². The molecule has 2 rings (SSSR count). The molecule has 1 heterocycles. The molecule has 1 unspecified atom stereocenters. The summed E-state index contributed by atoms with van der Waals surface area (Å²) in [5.41, 5.74) is 0.945. The van der Waals surface area contributed by atoms with Crippen LogP contribution in [-0.4, -0.2) is 40.2 Å². The lowest BCUT2D eigenvalue weighted by atomic mass is 10.2. The molecule has 1 aromatic rings. The van der Waals surface area contributed by atoms with Crippen molar-refractivity contribution in [3.05, 3.63) is 23.8 Å². The van der Waals surface area contributed by atoms with E-state index < -0.39 is 16.1 Å². The van der Waals surface area contributed by atoms with Gasteiger partial charge >= 0.3 is 0 Å². The number of benzene rings is 1. The van der Waals surface area contributed by atoms with Crippen molar-refractivity contribution >= 4 is 21.6 Å². The van der Waals surface area contributed by atoms with Crippen LogP contribution in [0.1, 0.15) is 5.56 Å². The third-order valence-electron chi connectivity index (χ3n) is 2.86. The van der Waals surface area contributed by atoms with E-state index in [0.29, 0.717) is 24.5 Å². The minimum Gasteiger partial charge on any atom is -0.376 e. The molecule has 0 aromatic heterocycles. The fourth-order valence-electron chi connectivity index (χ4n) is 1.91. The number of hydrogen-bond acceptors (Lipinski definition) is 5. The van der Waals surface area contributed by atoms with Gasteiger partial charge in [-0.15, -0.1) is 0 Å². The molecule has 1 amide bonds. The summed E-state index contributed by atoms with van der Waals surface area (Å²) in [6, 6.07) is 4.38. The number of amides is 1. The number of hydrogen-bond donors (Lipinski definition) is 2. The first kappa shape index (κ1) is 14.9. The van der Waals surface area contributed by atoms with E-state index in [-0.39, 0.29) is 17.4 Å². The second-order valence-corrected chi connectivity index (χ2v) is 5.98. The summed E-state index contributed by atoms with van der Waals surface area (Å²) in [5.74, 6) is -0.326. The molecule has 1 saturated heterocycles. The van der Waals surface area contributed by atoms with Crippen molar-refractivity contribution in [2.75, 3.05) is 25.1 Å². The maximum Gasteiger partial charge on any atom is 0.255 e. The predicted octanol–water partition coefficient (Wildman–Crippen LogP) is -0.00368. The quantitative estimate of drug-likeness (QED) is 0.816. The SMILES string of the molecule is Cc1cc(NC(=O)C2COCCO2)ccc1S(N)(=O)=O. The minimum atomic E-state index is -3.76. The summed E-state index contributed by atoms with van der Waals surface area (Å²) in [4.78, 5) is 11.9. The summed E-state index contributed by atoms with van der Waals surface area (Å²) in [6.45, 7) is 2.67. The molecular formula is C12H16N2O5S. The molecule has 1 fully saturated rings. The molecule has 7 nitrogen and oxygen atoms in total. The number of carbonyl (C=O) groups excluding carboxylic acids is 1. The first-order chi connectivity index (χ1) is 9.38. The molecule has 3 N–H and O–H groups in total. The molecule has 8 heteroatoms. The summed E-state index contributed by atoms with van der Waals surface area (Å²) < 4.78 is 33.0. The van der Waals surface area contributed by atoms with E-state index in [9.17, 15) is 13.2 Å². The molecule has 1 aliphatic heterocycles. The number of sulfonamides is 1. The molecule has 1 atom stereocenters. The Morgan fingerprint density at radius 2 is 2.15 bits per heavy atom. The molecule has 110 valence electrons. The minimum absolute atomic E-state index is 0.0350. The van der Waals surface area contributed by atoms with Crippen LogP contribution in [0.5, 0.6) is 0 Å². The van der Waals surface area contributed by atoms with E-state index in [1.165, 1.54) is 12.1 Å². The van der Waals surface area contributed by atoms with Crippen molar-refractivity contribution in [2.45, 2.75) is 17.9 Å². The standard InChI is InChI=1S/C12H16N2O5S/c1-8-6-9(2-3-11(8)20(13,16)17)14-12(15)10-7-18-4-5-19-10/h2-3,6,10H,4-5,7H2,1H3,(H,14,15)(H2,13,16,17). The number of nitrogens with two attached hydrogens (primary N) is 1. The van der Waals surface area contributed by atoms with Crippen LogP contribution in [0.4, 0.5) is 5.69 Å². The number of anilines is 1. The Bertz CT molecular complexity index is 608. The Kier molecular flexibility index (Phi) is 4.39. The molecule has 0 spiro atoms. The monoisotopic (exact) mass is 300 g/mol. The zero-order chi connectivity index (χ0) is 14.8. The Balaban J connectivity index is 2.10. The van der Waals surface area contributed by atoms with Gasteiger partial charge in [-0.1, -0.05) is 0 Å². The highest BCUT2D eigenvalue weighted by molar-refractivity contribution is 7.89. The summed E-state index contributed by atoms with van der Waals surface area (Å²) in [5, 5.41) is 7.73. The van der Waals surface area contributed by atoms with Crippen molar-refractivity contribution in [2.24, 2.45) is 5.14 Å². The third-order valence-corrected chi connectivity index (χ3v) is 3.93. The molecule has 20 heavy (non-hydrogen) atoms. The van der Waals surface area contributed by atoms with Crippen LogP contribution in [-0.2, 0) is 24.3 Å². The van der Waals surface area contributed by atoms with Gasteiger partial charge in [0.25, 0.3) is 5.91 Å². The Morgan fingerprint density at radius 3 is 2.70 bits per heavy atom. The van der Waals surface area contributed by atoms with Gasteiger partial charge in [-0.25, -0.2) is 13.6 Å². The predicted molar refractivity (Wildman–Crippen MR) is 71.7 cm³/mol. The summed E-state index contributed by atoms with van der Waals surface area (Å²) in [6.07, 6.45) is -0.651. The van der Waals surface area contributed by atoms with E-state index in [0.717, 1.165) is 0 Å². The summed E-state index contributed by atoms with van der Waals surface area (Å²) >= 11 is 0. The van der Waals surface area contributed by atoms with Gasteiger partial charge < -0.3 is 14.8 Å². The van der Waals surface area contributed by atoms with Crippen molar-refractivity contribution in [1.29, 1.82) is 0 Å². The van der Waals surface area contributed by atoms with E-state index >= 15 is 0 Å². The van der Waals surface area contributed by atoms with Gasteiger partial charge in [0.05, 0.1) is 24.7 Å². The van der Waals surface area contributed by atoms with Gasteiger partial charge in [-0.3, -0.25) is 4.79 Å². The molecule has 0 radical (unpaired) electrons. The van der Waals surface area contributed by atoms with Gasteiger partial charge in [0.15, 0.2) is 6.10 Å². The highest BCUT2D eigenvalue weighted by Gasteiger charge is 2.23. The Hall–Kier alpha value is -1.48. The van der Waals surface area contributed by atoms with Gasteiger partial charge in [0.2, 0.25) is 10.0 Å². The molecule has 1 aromatic carbocycles. The summed E-state index contributed by atoms with van der Waals surface area (Å²) in [7, 11) is -3.76. The molecule has 1 aliphatic rings. The number of carbonyl (C=O) groups is 1. The highest BCUT2D eigenvalue weighted by atomic mass is 32.2. The van der Waals surface area contributed by atoms with Crippen LogP contribution in [0, 0.1) is 6.92 Å². The van der Waals surface area contributed by atoms with Gasteiger partial charge in [-0.05, 0) is 30.7 Å². The van der Waals surface area contributed by atoms with Crippen molar-refractivity contribution < 1.29 is 22.7 Å². The average molecular weight is 300 g/mol. The smallest absolute Gasteiger partial charge is 0.255 e. The first-order valence-electron chi connectivity index (χ1n) is 6.01. The van der Waals surface area contributed by atoms with Crippen LogP contribution >= 0.6 is 0 Å². The maximum atomic E-state index is 11.9. The topological polar surface area (TPSA) is 108 Å². The van der Waals surface area contributed by atoms with E-state index in [1.54, 1.807) is 13.0 Å². The van der Waals surface area contributed by atoms with E-state index in [4.69, 9.17) is 14.6 Å². The number of rotatable bonds is 3. The van der Waals surface area contributed by atoms with Crippen LogP contribution in [0.15, 0.2) is 23.1 Å². The lowest BCUT2D eigenvalue weighted by molar-refractivity contribution is -0.142. The van der Waals surface area contributed by atoms with Crippen molar-refractivity contribution in [3.63, 3.8) is 0 Å². The molecular weight excluding hydrogens is 284 g/mol. The van der Waals surface area contributed by atoms with Gasteiger partial charge in [0.1, 0.15) is 0 Å². The van der Waals surface area contributed by atoms with Crippen molar-refractivity contribution in [1.82, 2.24) is 0 Å². The fraction of sp³-hybridized carbons (Fsp3) is 0.417. The zero-order valence-electron chi connectivity index (χ0n) is 11.0. The number of primary sulfonamides is 1. The fourth-order valence-corrected chi connectivity index (χ4v) is 2.67. The normalized spacial score (nSPS) is 19.6. The van der Waals surface area contributed by atoms with Crippen LogP contribution in [0.2, 0.25) is 0 Å². The van der Waals surface area contributed by atoms with Gasteiger partial charge in [0, 0.05) is 5.69 Å². The molecule has 0 aliphatic carbocycles. The second kappa shape index (κ2) is 5.88. The van der Waals surface area contributed by atoms with E-state index in [1.807, 2.05) is 0 Å². The number of nitrogens with one attached hydrogen (secondary N) is 1. The van der Waals surface area contributed by atoms with Crippen LogP contribution < -0.4 is 10.5 Å². The average Bonchev–Trinajstić information content (AvgIpc) is 2.38. The van der Waals surface area contributed by atoms with E-state index in [2.05, 4.69) is 5.32 Å². The number of aryl methyl sites for hydroxylation is 1. The zero-order valence-corrected chi connectivity index (χ0v) is 11.8. The lowest BCUT2D eigenvalue weighted by Crippen LogP contribution is -2.39. The molecule has 0 bridgehead atoms. The maximum absolute atomic E-state index is 11.9. The number of ether oxygens (including phenoxy) is 2. The van der Waals surface area contributed by atoms with Crippen LogP contribution in [0.3, 0.4) is 0 Å². The lowest BCUT2D eigenvalue weighted by Gasteiger charge is -2.22. The second-order valence-electron chi connectivity index (χ2n) is 4.45. The van der Waals surface area contributed by atoms with Crippen molar-refractivity contribution in [3.8, 4) is 0 Å². The highest BCUT2D eigenvalue weighted by Crippen LogP contribution is 2.19. The largest absolute Gasteiger partial charge is 0.376 e. The third kappa shape index (κ3) is 3.54. The Labute approximate surface area is 117 Å². The Morgan fingerprint density at radius 1 is 1.40 bits per heavy atom.